The van der Waals surface area contributed by atoms with Crippen molar-refractivity contribution >= 4 is 5.91 Å². The molecule has 122 valence electrons. The Kier molecular flexibility index (Phi) is 4.95. The lowest BCUT2D eigenvalue weighted by Crippen LogP contribution is -2.30. The van der Waals surface area contributed by atoms with Gasteiger partial charge >= 0.3 is 0 Å². The molecule has 1 atom stereocenters. The van der Waals surface area contributed by atoms with Gasteiger partial charge in [0.15, 0.2) is 11.5 Å². The summed E-state index contributed by atoms with van der Waals surface area (Å²) in [6.45, 7) is 3.03. The van der Waals surface area contributed by atoms with E-state index in [2.05, 4.69) is 20.5 Å². The van der Waals surface area contributed by atoms with Crippen molar-refractivity contribution in [1.82, 2.24) is 20.5 Å². The normalized spacial score (nSPS) is 11.7. The van der Waals surface area contributed by atoms with Gasteiger partial charge in [-0.2, -0.15) is 0 Å². The van der Waals surface area contributed by atoms with Crippen LogP contribution >= 0.6 is 0 Å². The third kappa shape index (κ3) is 3.65. The van der Waals surface area contributed by atoms with Crippen LogP contribution in [0.25, 0.3) is 11.4 Å². The van der Waals surface area contributed by atoms with Gasteiger partial charge in [0.25, 0.3) is 5.56 Å². The summed E-state index contributed by atoms with van der Waals surface area (Å²) in [7, 11) is 3.06. The largest absolute Gasteiger partial charge is 0.497 e. The summed E-state index contributed by atoms with van der Waals surface area (Å²) in [6, 6.07) is 4.60. The number of carbonyl (C=O) groups excluding carboxylic acids is 1. The summed E-state index contributed by atoms with van der Waals surface area (Å²) in [6.07, 6.45) is 0. The van der Waals surface area contributed by atoms with E-state index in [0.717, 1.165) is 0 Å². The number of methoxy groups -OCH3 is 2. The van der Waals surface area contributed by atoms with Crippen LogP contribution in [0.15, 0.2) is 23.0 Å². The Morgan fingerprint density at radius 1 is 1.26 bits per heavy atom. The highest BCUT2D eigenvalue weighted by Crippen LogP contribution is 2.30. The minimum absolute atomic E-state index is 0.136. The van der Waals surface area contributed by atoms with E-state index < -0.39 is 11.6 Å². The van der Waals surface area contributed by atoms with Gasteiger partial charge in [-0.3, -0.25) is 9.59 Å². The van der Waals surface area contributed by atoms with Crippen LogP contribution in [0.2, 0.25) is 0 Å². The number of carbonyl (C=O) groups is 1. The number of nitrogens with one attached hydrogen (secondary N) is 2. The zero-order valence-electron chi connectivity index (χ0n) is 13.3. The Morgan fingerprint density at radius 3 is 2.57 bits per heavy atom. The Hall–Kier alpha value is -2.90. The Morgan fingerprint density at radius 2 is 2.00 bits per heavy atom. The molecule has 1 aromatic carbocycles. The molecule has 8 nitrogen and oxygen atoms in total. The number of amides is 1. The maximum Gasteiger partial charge on any atom is 0.275 e. The number of aromatic amines is 1. The van der Waals surface area contributed by atoms with Crippen LogP contribution in [-0.4, -0.2) is 35.3 Å². The standard InChI is InChI=1S/C15H18N4O4/c1-8(16-9(2)20)13-15(21)17-14(19-18-13)11-6-5-10(22-3)7-12(11)23-4/h5-8H,1-4H3,(H,16,20)(H,17,19,21). The monoisotopic (exact) mass is 318 g/mol. The van der Waals surface area contributed by atoms with Gasteiger partial charge in [0.1, 0.15) is 11.5 Å². The third-order valence-corrected chi connectivity index (χ3v) is 3.22. The van der Waals surface area contributed by atoms with Crippen LogP contribution in [-0.2, 0) is 4.79 Å². The van der Waals surface area contributed by atoms with Crippen LogP contribution in [0.3, 0.4) is 0 Å². The van der Waals surface area contributed by atoms with E-state index in [0.29, 0.717) is 17.1 Å². The molecule has 0 saturated heterocycles. The minimum Gasteiger partial charge on any atom is -0.497 e. The minimum atomic E-state index is -0.532. The summed E-state index contributed by atoms with van der Waals surface area (Å²) >= 11 is 0. The molecule has 0 aliphatic rings. The van der Waals surface area contributed by atoms with Gasteiger partial charge in [0.05, 0.1) is 25.8 Å². The number of benzene rings is 1. The molecule has 0 bridgehead atoms. The van der Waals surface area contributed by atoms with Gasteiger partial charge in [-0.1, -0.05) is 0 Å². The van der Waals surface area contributed by atoms with Crippen molar-refractivity contribution in [3.63, 3.8) is 0 Å². The van der Waals surface area contributed by atoms with E-state index in [1.165, 1.54) is 14.0 Å². The fourth-order valence-corrected chi connectivity index (χ4v) is 2.12. The zero-order valence-corrected chi connectivity index (χ0v) is 13.3. The average molecular weight is 318 g/mol. The first-order valence-corrected chi connectivity index (χ1v) is 6.92. The van der Waals surface area contributed by atoms with Crippen LogP contribution in [0.4, 0.5) is 0 Å². The lowest BCUT2D eigenvalue weighted by atomic mass is 10.1. The molecule has 1 aromatic heterocycles. The predicted molar refractivity (Wildman–Crippen MR) is 83.4 cm³/mol. The number of rotatable bonds is 5. The van der Waals surface area contributed by atoms with E-state index >= 15 is 0 Å². The van der Waals surface area contributed by atoms with Crippen LogP contribution in [0, 0.1) is 0 Å². The molecule has 2 rings (SSSR count). The lowest BCUT2D eigenvalue weighted by molar-refractivity contribution is -0.119. The molecule has 23 heavy (non-hydrogen) atoms. The molecule has 0 saturated carbocycles. The third-order valence-electron chi connectivity index (χ3n) is 3.22. The molecule has 8 heteroatoms. The second-order valence-corrected chi connectivity index (χ2v) is 4.88. The van der Waals surface area contributed by atoms with Crippen molar-refractivity contribution in [3.8, 4) is 22.9 Å². The number of H-pyrrole nitrogens is 1. The number of hydrogen-bond acceptors (Lipinski definition) is 6. The molecule has 0 spiro atoms. The fraction of sp³-hybridized carbons (Fsp3) is 0.333. The molecular weight excluding hydrogens is 300 g/mol. The first kappa shape index (κ1) is 16.5. The highest BCUT2D eigenvalue weighted by molar-refractivity contribution is 5.73. The second kappa shape index (κ2) is 6.91. The van der Waals surface area contributed by atoms with Gasteiger partial charge in [-0.05, 0) is 19.1 Å². The molecule has 1 amide bonds. The predicted octanol–water partition coefficient (Wildman–Crippen LogP) is 1.05. The van der Waals surface area contributed by atoms with Crippen LogP contribution in [0.5, 0.6) is 11.5 Å². The van der Waals surface area contributed by atoms with Crippen molar-refractivity contribution < 1.29 is 14.3 Å². The highest BCUT2D eigenvalue weighted by atomic mass is 16.5. The fourth-order valence-electron chi connectivity index (χ4n) is 2.12. The van der Waals surface area contributed by atoms with E-state index in [1.54, 1.807) is 32.2 Å². The first-order valence-electron chi connectivity index (χ1n) is 6.92. The van der Waals surface area contributed by atoms with Crippen molar-refractivity contribution in [2.45, 2.75) is 19.9 Å². The Bertz CT molecular complexity index is 772. The molecular formula is C15H18N4O4. The van der Waals surface area contributed by atoms with E-state index in [-0.39, 0.29) is 17.4 Å². The van der Waals surface area contributed by atoms with Gasteiger partial charge in [0.2, 0.25) is 5.91 Å². The first-order chi connectivity index (χ1) is 11.0. The maximum atomic E-state index is 12.2. The van der Waals surface area contributed by atoms with Gasteiger partial charge in [-0.25, -0.2) is 0 Å². The SMILES string of the molecule is COc1ccc(-c2nnc(C(C)NC(C)=O)c(=O)[nH]2)c(OC)c1. The van der Waals surface area contributed by atoms with E-state index in [1.807, 2.05) is 0 Å². The molecule has 1 unspecified atom stereocenters. The molecule has 2 N–H and O–H groups in total. The maximum absolute atomic E-state index is 12.2. The summed E-state index contributed by atoms with van der Waals surface area (Å²) in [5.41, 5.74) is 0.294. The van der Waals surface area contributed by atoms with Crippen molar-refractivity contribution in [2.24, 2.45) is 0 Å². The number of nitrogens with zero attached hydrogens (tertiary/aromatic N) is 2. The van der Waals surface area contributed by atoms with E-state index in [4.69, 9.17) is 9.47 Å². The second-order valence-electron chi connectivity index (χ2n) is 4.88. The molecule has 0 radical (unpaired) electrons. The summed E-state index contributed by atoms with van der Waals surface area (Å²) in [5, 5.41) is 10.5. The van der Waals surface area contributed by atoms with Crippen LogP contribution < -0.4 is 20.3 Å². The van der Waals surface area contributed by atoms with E-state index in [9.17, 15) is 9.59 Å². The summed E-state index contributed by atoms with van der Waals surface area (Å²) in [5.74, 6) is 1.14. The smallest absolute Gasteiger partial charge is 0.275 e. The number of hydrogen-bond donors (Lipinski definition) is 2. The quantitative estimate of drug-likeness (QED) is 0.853. The molecule has 0 fully saturated rings. The van der Waals surface area contributed by atoms with Crippen molar-refractivity contribution in [1.29, 1.82) is 0 Å². The van der Waals surface area contributed by atoms with Gasteiger partial charge < -0.3 is 19.8 Å². The van der Waals surface area contributed by atoms with Gasteiger partial charge in [-0.15, -0.1) is 10.2 Å². The van der Waals surface area contributed by atoms with Crippen molar-refractivity contribution in [3.05, 3.63) is 34.2 Å². The Balaban J connectivity index is 2.41. The molecule has 0 aliphatic carbocycles. The highest BCUT2D eigenvalue weighted by Gasteiger charge is 2.16. The number of ether oxygens (including phenoxy) is 2. The van der Waals surface area contributed by atoms with Gasteiger partial charge in [0, 0.05) is 13.0 Å². The van der Waals surface area contributed by atoms with Crippen molar-refractivity contribution in [2.75, 3.05) is 14.2 Å². The zero-order chi connectivity index (χ0) is 17.0. The molecule has 1 heterocycles. The number of aromatic nitrogens is 3. The summed E-state index contributed by atoms with van der Waals surface area (Å²) < 4.78 is 10.4. The summed E-state index contributed by atoms with van der Waals surface area (Å²) in [4.78, 5) is 25.9. The average Bonchev–Trinajstić information content (AvgIpc) is 2.53. The van der Waals surface area contributed by atoms with Crippen LogP contribution in [0.1, 0.15) is 25.6 Å². The Labute approximate surface area is 132 Å². The molecule has 0 aliphatic heterocycles. The lowest BCUT2D eigenvalue weighted by Gasteiger charge is -2.12. The molecule has 2 aromatic rings. The topological polar surface area (TPSA) is 106 Å².